The third kappa shape index (κ3) is 2.68. The van der Waals surface area contributed by atoms with Gasteiger partial charge in [-0.1, -0.05) is 58.8 Å². The van der Waals surface area contributed by atoms with E-state index in [-0.39, 0.29) is 4.87 Å². The summed E-state index contributed by atoms with van der Waals surface area (Å²) in [7, 11) is 6.40. The van der Waals surface area contributed by atoms with Gasteiger partial charge in [0.05, 0.1) is 4.87 Å². The Labute approximate surface area is 124 Å². The van der Waals surface area contributed by atoms with E-state index >= 15 is 0 Å². The van der Waals surface area contributed by atoms with Crippen LogP contribution in [0.15, 0.2) is 30.3 Å². The summed E-state index contributed by atoms with van der Waals surface area (Å²) in [5.41, 5.74) is 1.43. The van der Waals surface area contributed by atoms with Gasteiger partial charge in [-0.15, -0.1) is 0 Å². The minimum Gasteiger partial charge on any atom is -0.291 e. The van der Waals surface area contributed by atoms with Gasteiger partial charge < -0.3 is 0 Å². The first-order chi connectivity index (χ1) is 9.08. The molecule has 4 rings (SSSR count). The van der Waals surface area contributed by atoms with Crippen molar-refractivity contribution in [3.8, 4) is 0 Å². The van der Waals surface area contributed by atoms with Crippen LogP contribution in [0.1, 0.15) is 19.4 Å². The monoisotopic (exact) mass is 294 g/mol. The number of hydrogen-bond acceptors (Lipinski definition) is 4. The molecular formula is C15H22N2S2. The lowest BCUT2D eigenvalue weighted by molar-refractivity contribution is 0.0337. The van der Waals surface area contributed by atoms with Crippen molar-refractivity contribution in [1.29, 1.82) is 0 Å². The average molecular weight is 294 g/mol. The number of fused-ring (bicyclic) bond motifs is 4. The van der Waals surface area contributed by atoms with Crippen LogP contribution < -0.4 is 0 Å². The molecular weight excluding hydrogens is 272 g/mol. The van der Waals surface area contributed by atoms with Crippen molar-refractivity contribution >= 4 is 21.6 Å². The third-order valence-electron chi connectivity index (χ3n) is 4.38. The van der Waals surface area contributed by atoms with Crippen LogP contribution >= 0.6 is 21.6 Å². The van der Waals surface area contributed by atoms with Crippen LogP contribution in [0.5, 0.6) is 0 Å². The Morgan fingerprint density at radius 3 is 2.79 bits per heavy atom. The molecule has 0 N–H and O–H groups in total. The Hall–Kier alpha value is -0.160. The van der Waals surface area contributed by atoms with Gasteiger partial charge in [-0.05, 0) is 19.5 Å². The molecule has 0 spiro atoms. The molecule has 2 nitrogen and oxygen atoms in total. The molecule has 3 aliphatic heterocycles. The Morgan fingerprint density at radius 1 is 1.32 bits per heavy atom. The molecule has 104 valence electrons. The quantitative estimate of drug-likeness (QED) is 0.772. The molecule has 0 aliphatic carbocycles. The van der Waals surface area contributed by atoms with E-state index in [0.717, 1.165) is 13.1 Å². The minimum absolute atomic E-state index is 0.251. The molecule has 3 unspecified atom stereocenters. The summed E-state index contributed by atoms with van der Waals surface area (Å²) in [4.78, 5) is 5.48. The van der Waals surface area contributed by atoms with Crippen LogP contribution in [0.25, 0.3) is 0 Å². The largest absolute Gasteiger partial charge is 0.291 e. The number of hydrogen-bond donors (Lipinski definition) is 0. The highest BCUT2D eigenvalue weighted by atomic mass is 33.1. The van der Waals surface area contributed by atoms with Gasteiger partial charge in [-0.3, -0.25) is 9.80 Å². The van der Waals surface area contributed by atoms with Crippen molar-refractivity contribution in [2.24, 2.45) is 0 Å². The summed E-state index contributed by atoms with van der Waals surface area (Å²) in [6, 6.07) is 11.5. The van der Waals surface area contributed by atoms with E-state index in [2.05, 4.69) is 82.6 Å². The lowest BCUT2D eigenvalue weighted by Gasteiger charge is -2.48. The molecule has 19 heavy (non-hydrogen) atoms. The molecule has 3 atom stereocenters. The number of benzene rings is 1. The second kappa shape index (κ2) is 5.32. The van der Waals surface area contributed by atoms with E-state index in [0.29, 0.717) is 11.3 Å². The first-order valence-electron chi connectivity index (χ1n) is 6.92. The molecule has 4 heteroatoms. The van der Waals surface area contributed by atoms with Crippen molar-refractivity contribution in [2.45, 2.75) is 36.6 Å². The van der Waals surface area contributed by atoms with E-state index in [1.54, 1.807) is 0 Å². The summed E-state index contributed by atoms with van der Waals surface area (Å²) in [5, 5.41) is 0.695. The summed E-state index contributed by atoms with van der Waals surface area (Å²) >= 11 is 0. The van der Waals surface area contributed by atoms with E-state index in [9.17, 15) is 0 Å². The SMILES string of the molecule is CC1SSC2(C)CN(Cc3ccccc3)C1CN2C. The smallest absolute Gasteiger partial charge is 0.0871 e. The van der Waals surface area contributed by atoms with E-state index in [4.69, 9.17) is 0 Å². The van der Waals surface area contributed by atoms with Crippen LogP contribution in [0.2, 0.25) is 0 Å². The lowest BCUT2D eigenvalue weighted by Crippen LogP contribution is -2.61. The maximum absolute atomic E-state index is 2.69. The number of rotatable bonds is 2. The molecule has 3 saturated heterocycles. The standard InChI is InChI=1S/C15H22N2S2/c1-12-14-10-16(3)15(2,19-18-12)11-17(14)9-13-7-5-4-6-8-13/h4-8,12,14H,9-11H2,1-3H3. The molecule has 3 aliphatic rings. The van der Waals surface area contributed by atoms with Gasteiger partial charge >= 0.3 is 0 Å². The zero-order valence-electron chi connectivity index (χ0n) is 11.9. The fourth-order valence-electron chi connectivity index (χ4n) is 2.97. The molecule has 3 heterocycles. The van der Waals surface area contributed by atoms with Crippen molar-refractivity contribution in [2.75, 3.05) is 20.1 Å². The van der Waals surface area contributed by atoms with Crippen LogP contribution in [-0.4, -0.2) is 46.1 Å². The number of nitrogens with zero attached hydrogens (tertiary/aromatic N) is 2. The van der Waals surface area contributed by atoms with Crippen LogP contribution in [0, 0.1) is 0 Å². The predicted octanol–water partition coefficient (Wildman–Crippen LogP) is 3.30. The van der Waals surface area contributed by atoms with Crippen molar-refractivity contribution in [3.63, 3.8) is 0 Å². The first-order valence-corrected chi connectivity index (χ1v) is 9.13. The summed E-state index contributed by atoms with van der Waals surface area (Å²) in [6.45, 7) is 8.19. The van der Waals surface area contributed by atoms with Gasteiger partial charge in [0.2, 0.25) is 0 Å². The van der Waals surface area contributed by atoms with Gasteiger partial charge in [0, 0.05) is 30.9 Å². The topological polar surface area (TPSA) is 6.48 Å². The van der Waals surface area contributed by atoms with Crippen LogP contribution in [0.4, 0.5) is 0 Å². The average Bonchev–Trinajstić information content (AvgIpc) is 2.58. The fourth-order valence-corrected chi connectivity index (χ4v) is 6.14. The summed E-state index contributed by atoms with van der Waals surface area (Å²) in [5.74, 6) is 0. The number of piperazine rings is 1. The minimum atomic E-state index is 0.251. The highest BCUT2D eigenvalue weighted by molar-refractivity contribution is 8.77. The molecule has 1 aromatic rings. The van der Waals surface area contributed by atoms with Gasteiger partial charge in [-0.25, -0.2) is 0 Å². The van der Waals surface area contributed by atoms with Gasteiger partial charge in [0.1, 0.15) is 0 Å². The molecule has 0 amide bonds. The maximum atomic E-state index is 2.69. The van der Waals surface area contributed by atoms with Gasteiger partial charge in [-0.2, -0.15) is 0 Å². The molecule has 1 aromatic carbocycles. The Kier molecular flexibility index (Phi) is 3.87. The van der Waals surface area contributed by atoms with E-state index in [1.807, 2.05) is 0 Å². The Balaban J connectivity index is 1.82. The van der Waals surface area contributed by atoms with Crippen molar-refractivity contribution < 1.29 is 0 Å². The highest BCUT2D eigenvalue weighted by Gasteiger charge is 2.46. The van der Waals surface area contributed by atoms with Gasteiger partial charge in [0.15, 0.2) is 0 Å². The van der Waals surface area contributed by atoms with Crippen LogP contribution in [0.3, 0.4) is 0 Å². The fraction of sp³-hybridized carbons (Fsp3) is 0.600. The Bertz CT molecular complexity index is 439. The summed E-state index contributed by atoms with van der Waals surface area (Å²) < 4.78 is 0. The number of likely N-dealkylation sites (N-methyl/N-ethyl adjacent to an activating group) is 1. The maximum Gasteiger partial charge on any atom is 0.0871 e. The highest BCUT2D eigenvalue weighted by Crippen LogP contribution is 2.49. The molecule has 0 radical (unpaired) electrons. The van der Waals surface area contributed by atoms with Crippen molar-refractivity contribution in [3.05, 3.63) is 35.9 Å². The second-order valence-corrected chi connectivity index (χ2v) is 8.96. The Morgan fingerprint density at radius 2 is 2.05 bits per heavy atom. The molecule has 0 saturated carbocycles. The van der Waals surface area contributed by atoms with Crippen molar-refractivity contribution in [1.82, 2.24) is 9.80 Å². The molecule has 2 bridgehead atoms. The first kappa shape index (κ1) is 13.8. The lowest BCUT2D eigenvalue weighted by atomic mass is 10.0. The van der Waals surface area contributed by atoms with Gasteiger partial charge in [0.25, 0.3) is 0 Å². The zero-order valence-corrected chi connectivity index (χ0v) is 13.5. The molecule has 3 fully saturated rings. The second-order valence-electron chi connectivity index (χ2n) is 5.90. The van der Waals surface area contributed by atoms with E-state index < -0.39 is 0 Å². The summed E-state index contributed by atoms with van der Waals surface area (Å²) in [6.07, 6.45) is 0. The van der Waals surface area contributed by atoms with E-state index in [1.165, 1.54) is 12.1 Å². The predicted molar refractivity (Wildman–Crippen MR) is 86.3 cm³/mol. The molecule has 0 aromatic heterocycles. The normalized spacial score (nSPS) is 36.4. The zero-order chi connectivity index (χ0) is 13.5. The van der Waals surface area contributed by atoms with Crippen LogP contribution in [-0.2, 0) is 6.54 Å². The third-order valence-corrected chi connectivity index (χ3v) is 8.17.